The molecule has 0 bridgehead atoms. The SMILES string of the molecule is CCc1ccc(C(=O)Oc2cccc(OC(=O)c3ccc(CC)cc3)c2)cc1. The minimum Gasteiger partial charge on any atom is -0.423 e. The summed E-state index contributed by atoms with van der Waals surface area (Å²) in [6.45, 7) is 4.11. The van der Waals surface area contributed by atoms with Crippen LogP contribution in [0.2, 0.25) is 0 Å². The number of ether oxygens (including phenoxy) is 2. The highest BCUT2D eigenvalue weighted by Crippen LogP contribution is 2.22. The number of aryl methyl sites for hydroxylation is 2. The standard InChI is InChI=1S/C24H22O4/c1-3-17-8-12-19(13-9-17)23(25)27-21-6-5-7-22(16-21)28-24(26)20-14-10-18(4-2)11-15-20/h5-16H,3-4H2,1-2H3. The van der Waals surface area contributed by atoms with Crippen LogP contribution in [0.3, 0.4) is 0 Å². The lowest BCUT2D eigenvalue weighted by Gasteiger charge is -2.08. The minimum absolute atomic E-state index is 0.316. The zero-order valence-corrected chi connectivity index (χ0v) is 16.0. The molecule has 0 aliphatic carbocycles. The third kappa shape index (κ3) is 4.86. The van der Waals surface area contributed by atoms with Gasteiger partial charge in [0.2, 0.25) is 0 Å². The average molecular weight is 374 g/mol. The molecule has 4 nitrogen and oxygen atoms in total. The Morgan fingerprint density at radius 2 is 1.04 bits per heavy atom. The van der Waals surface area contributed by atoms with Crippen LogP contribution in [0.4, 0.5) is 0 Å². The lowest BCUT2D eigenvalue weighted by atomic mass is 10.1. The molecule has 3 rings (SSSR count). The summed E-state index contributed by atoms with van der Waals surface area (Å²) in [7, 11) is 0. The molecule has 0 aliphatic heterocycles. The van der Waals surface area contributed by atoms with Crippen molar-refractivity contribution in [2.24, 2.45) is 0 Å². The van der Waals surface area contributed by atoms with E-state index >= 15 is 0 Å². The van der Waals surface area contributed by atoms with Gasteiger partial charge < -0.3 is 9.47 Å². The first-order chi connectivity index (χ1) is 13.6. The highest BCUT2D eigenvalue weighted by atomic mass is 16.5. The van der Waals surface area contributed by atoms with E-state index in [1.54, 1.807) is 42.5 Å². The summed E-state index contributed by atoms with van der Waals surface area (Å²) in [6.07, 6.45) is 1.81. The van der Waals surface area contributed by atoms with Crippen LogP contribution < -0.4 is 9.47 Å². The Morgan fingerprint density at radius 1 is 0.643 bits per heavy atom. The molecule has 142 valence electrons. The normalized spacial score (nSPS) is 10.4. The molecule has 0 heterocycles. The van der Waals surface area contributed by atoms with Gasteiger partial charge >= 0.3 is 11.9 Å². The summed E-state index contributed by atoms with van der Waals surface area (Å²) in [5.74, 6) is -0.282. The largest absolute Gasteiger partial charge is 0.423 e. The van der Waals surface area contributed by atoms with E-state index in [9.17, 15) is 9.59 Å². The van der Waals surface area contributed by atoms with Crippen molar-refractivity contribution in [2.45, 2.75) is 26.7 Å². The number of carbonyl (C=O) groups excluding carboxylic acids is 2. The van der Waals surface area contributed by atoms with Crippen molar-refractivity contribution in [3.63, 3.8) is 0 Å². The van der Waals surface area contributed by atoms with Crippen LogP contribution in [0.15, 0.2) is 72.8 Å². The molecule has 0 saturated carbocycles. The van der Waals surface area contributed by atoms with Gasteiger partial charge in [-0.25, -0.2) is 9.59 Å². The molecule has 4 heteroatoms. The first-order valence-electron chi connectivity index (χ1n) is 9.31. The van der Waals surface area contributed by atoms with Crippen LogP contribution in [0.5, 0.6) is 11.5 Å². The van der Waals surface area contributed by atoms with E-state index in [2.05, 4.69) is 13.8 Å². The van der Waals surface area contributed by atoms with Gasteiger partial charge in [0.15, 0.2) is 0 Å². The molecule has 0 unspecified atom stereocenters. The summed E-state index contributed by atoms with van der Waals surface area (Å²) in [5, 5.41) is 0. The number of benzene rings is 3. The van der Waals surface area contributed by atoms with Crippen LogP contribution in [-0.4, -0.2) is 11.9 Å². The lowest BCUT2D eigenvalue weighted by molar-refractivity contribution is 0.0733. The van der Waals surface area contributed by atoms with Crippen LogP contribution in [0, 0.1) is 0 Å². The summed E-state index contributed by atoms with van der Waals surface area (Å²) >= 11 is 0. The predicted molar refractivity (Wildman–Crippen MR) is 108 cm³/mol. The molecule has 28 heavy (non-hydrogen) atoms. The Hall–Kier alpha value is -3.40. The Morgan fingerprint density at radius 3 is 1.39 bits per heavy atom. The van der Waals surface area contributed by atoms with Crippen LogP contribution in [0.25, 0.3) is 0 Å². The molecule has 3 aromatic rings. The fraction of sp³-hybridized carbons (Fsp3) is 0.167. The molecule has 0 spiro atoms. The fourth-order valence-corrected chi connectivity index (χ4v) is 2.69. The average Bonchev–Trinajstić information content (AvgIpc) is 2.74. The number of carbonyl (C=O) groups is 2. The summed E-state index contributed by atoms with van der Waals surface area (Å²) < 4.78 is 10.8. The highest BCUT2D eigenvalue weighted by Gasteiger charge is 2.12. The Bertz CT molecular complexity index is 880. The second-order valence-electron chi connectivity index (χ2n) is 6.35. The number of esters is 2. The zero-order chi connectivity index (χ0) is 19.9. The maximum absolute atomic E-state index is 12.3. The third-order valence-electron chi connectivity index (χ3n) is 4.42. The van der Waals surface area contributed by atoms with Crippen molar-refractivity contribution in [3.8, 4) is 11.5 Å². The molecular weight excluding hydrogens is 352 g/mol. The molecule has 0 aromatic heterocycles. The number of hydrogen-bond donors (Lipinski definition) is 0. The Balaban J connectivity index is 1.67. The number of rotatable bonds is 6. The van der Waals surface area contributed by atoms with Gasteiger partial charge in [0.05, 0.1) is 11.1 Å². The summed E-state index contributed by atoms with van der Waals surface area (Å²) in [6, 6.07) is 21.1. The minimum atomic E-state index is -0.457. The predicted octanol–water partition coefficient (Wildman–Crippen LogP) is 5.25. The van der Waals surface area contributed by atoms with E-state index in [-0.39, 0.29) is 0 Å². The van der Waals surface area contributed by atoms with E-state index in [0.29, 0.717) is 22.6 Å². The maximum Gasteiger partial charge on any atom is 0.343 e. The van der Waals surface area contributed by atoms with Gasteiger partial charge in [-0.3, -0.25) is 0 Å². The van der Waals surface area contributed by atoms with E-state index in [1.165, 1.54) is 6.07 Å². The van der Waals surface area contributed by atoms with Crippen LogP contribution in [-0.2, 0) is 12.8 Å². The second kappa shape index (κ2) is 9.00. The van der Waals surface area contributed by atoms with Crippen LogP contribution >= 0.6 is 0 Å². The summed E-state index contributed by atoms with van der Waals surface area (Å²) in [4.78, 5) is 24.6. The summed E-state index contributed by atoms with van der Waals surface area (Å²) in [5.41, 5.74) is 3.24. The van der Waals surface area contributed by atoms with Gasteiger partial charge in [0, 0.05) is 6.07 Å². The van der Waals surface area contributed by atoms with Gasteiger partial charge in [-0.15, -0.1) is 0 Å². The monoisotopic (exact) mass is 374 g/mol. The first-order valence-corrected chi connectivity index (χ1v) is 9.31. The lowest BCUT2D eigenvalue weighted by Crippen LogP contribution is -2.10. The van der Waals surface area contributed by atoms with E-state index < -0.39 is 11.9 Å². The van der Waals surface area contributed by atoms with Crippen molar-refractivity contribution in [2.75, 3.05) is 0 Å². The zero-order valence-electron chi connectivity index (χ0n) is 16.0. The van der Waals surface area contributed by atoms with Gasteiger partial charge in [-0.1, -0.05) is 44.2 Å². The first kappa shape index (κ1) is 19.4. The Labute approximate surface area is 164 Å². The van der Waals surface area contributed by atoms with Gasteiger partial charge in [0.1, 0.15) is 11.5 Å². The molecule has 0 amide bonds. The second-order valence-corrected chi connectivity index (χ2v) is 6.35. The third-order valence-corrected chi connectivity index (χ3v) is 4.42. The van der Waals surface area contributed by atoms with Gasteiger partial charge in [0.25, 0.3) is 0 Å². The molecule has 3 aromatic carbocycles. The van der Waals surface area contributed by atoms with Gasteiger partial charge in [-0.2, -0.15) is 0 Å². The topological polar surface area (TPSA) is 52.6 Å². The van der Waals surface area contributed by atoms with Crippen molar-refractivity contribution in [1.29, 1.82) is 0 Å². The fourth-order valence-electron chi connectivity index (χ4n) is 2.69. The van der Waals surface area contributed by atoms with Gasteiger partial charge in [-0.05, 0) is 60.4 Å². The molecule has 0 saturated heterocycles. The number of hydrogen-bond acceptors (Lipinski definition) is 4. The quantitative estimate of drug-likeness (QED) is 0.437. The van der Waals surface area contributed by atoms with Crippen LogP contribution in [0.1, 0.15) is 45.7 Å². The Kier molecular flexibility index (Phi) is 6.22. The van der Waals surface area contributed by atoms with Crippen molar-refractivity contribution in [3.05, 3.63) is 95.1 Å². The van der Waals surface area contributed by atoms with Crippen molar-refractivity contribution < 1.29 is 19.1 Å². The maximum atomic E-state index is 12.3. The van der Waals surface area contributed by atoms with E-state index in [4.69, 9.17) is 9.47 Å². The molecular formula is C24H22O4. The molecule has 0 fully saturated rings. The molecule has 0 aliphatic rings. The molecule has 0 atom stereocenters. The smallest absolute Gasteiger partial charge is 0.343 e. The van der Waals surface area contributed by atoms with Crippen molar-refractivity contribution in [1.82, 2.24) is 0 Å². The molecule has 0 N–H and O–H groups in total. The van der Waals surface area contributed by atoms with Crippen molar-refractivity contribution >= 4 is 11.9 Å². The van der Waals surface area contributed by atoms with E-state index in [0.717, 1.165) is 24.0 Å². The highest BCUT2D eigenvalue weighted by molar-refractivity contribution is 5.92. The van der Waals surface area contributed by atoms with E-state index in [1.807, 2.05) is 24.3 Å². The molecule has 0 radical (unpaired) electrons.